The van der Waals surface area contributed by atoms with E-state index in [2.05, 4.69) is 10.1 Å². The number of carbonyl (C=O) groups excluding carboxylic acids is 1. The number of amides is 1. The topological polar surface area (TPSA) is 73.0 Å². The lowest BCUT2D eigenvalue weighted by Crippen LogP contribution is -2.29. The van der Waals surface area contributed by atoms with Crippen molar-refractivity contribution in [2.45, 2.75) is 45.2 Å². The van der Waals surface area contributed by atoms with Gasteiger partial charge in [0, 0.05) is 50.2 Å². The van der Waals surface area contributed by atoms with Crippen molar-refractivity contribution in [1.82, 2.24) is 24.2 Å². The highest BCUT2D eigenvalue weighted by atomic mass is 32.1. The van der Waals surface area contributed by atoms with E-state index in [0.29, 0.717) is 13.1 Å². The van der Waals surface area contributed by atoms with E-state index in [4.69, 9.17) is 0 Å². The van der Waals surface area contributed by atoms with Crippen LogP contribution in [0.4, 0.5) is 0 Å². The predicted molar refractivity (Wildman–Crippen MR) is 105 cm³/mol. The molecule has 0 saturated carbocycles. The van der Waals surface area contributed by atoms with Gasteiger partial charge < -0.3 is 4.90 Å². The highest BCUT2D eigenvalue weighted by molar-refractivity contribution is 7.18. The summed E-state index contributed by atoms with van der Waals surface area (Å²) < 4.78 is 3.30. The summed E-state index contributed by atoms with van der Waals surface area (Å²) in [6.45, 7) is 0.861. The van der Waals surface area contributed by atoms with Gasteiger partial charge in [-0.15, -0.1) is 11.3 Å². The Balaban J connectivity index is 1.47. The number of fused-ring (bicyclic) bond motifs is 3. The summed E-state index contributed by atoms with van der Waals surface area (Å²) in [5.41, 5.74) is 2.16. The number of rotatable bonds is 5. The fourth-order valence-electron chi connectivity index (χ4n) is 3.66. The van der Waals surface area contributed by atoms with E-state index in [1.54, 1.807) is 45.1 Å². The molecule has 0 unspecified atom stereocenters. The Morgan fingerprint density at radius 2 is 2.15 bits per heavy atom. The second-order valence-electron chi connectivity index (χ2n) is 7.16. The fourth-order valence-corrected chi connectivity index (χ4v) is 4.88. The van der Waals surface area contributed by atoms with Crippen molar-refractivity contribution in [2.75, 3.05) is 7.05 Å². The maximum atomic E-state index is 12.9. The molecule has 0 spiro atoms. The van der Waals surface area contributed by atoms with E-state index in [-0.39, 0.29) is 17.9 Å². The molecule has 8 heteroatoms. The molecule has 0 aliphatic heterocycles. The van der Waals surface area contributed by atoms with Crippen molar-refractivity contribution in [3.05, 3.63) is 45.1 Å². The molecular weight excluding hydrogens is 362 g/mol. The van der Waals surface area contributed by atoms with Gasteiger partial charge in [0.05, 0.1) is 17.9 Å². The minimum Gasteiger partial charge on any atom is -0.341 e. The first-order valence-corrected chi connectivity index (χ1v) is 10.1. The van der Waals surface area contributed by atoms with Crippen LogP contribution in [0.25, 0.3) is 10.2 Å². The van der Waals surface area contributed by atoms with Crippen LogP contribution < -0.4 is 5.56 Å². The molecule has 0 radical (unpaired) electrons. The third kappa shape index (κ3) is 3.53. The van der Waals surface area contributed by atoms with Crippen molar-refractivity contribution in [3.63, 3.8) is 0 Å². The van der Waals surface area contributed by atoms with E-state index >= 15 is 0 Å². The zero-order valence-corrected chi connectivity index (χ0v) is 16.5. The largest absolute Gasteiger partial charge is 0.341 e. The van der Waals surface area contributed by atoms with Crippen molar-refractivity contribution in [1.29, 1.82) is 0 Å². The summed E-state index contributed by atoms with van der Waals surface area (Å²) in [6.07, 6.45) is 9.84. The van der Waals surface area contributed by atoms with Crippen LogP contribution in [0.2, 0.25) is 0 Å². The number of aryl methyl sites for hydroxylation is 4. The minimum atomic E-state index is -0.0119. The van der Waals surface area contributed by atoms with E-state index in [9.17, 15) is 9.59 Å². The summed E-state index contributed by atoms with van der Waals surface area (Å²) >= 11 is 1.65. The molecule has 27 heavy (non-hydrogen) atoms. The second kappa shape index (κ2) is 7.26. The molecule has 0 fully saturated rings. The Kier molecular flexibility index (Phi) is 4.82. The molecule has 0 bridgehead atoms. The fraction of sp³-hybridized carbons (Fsp3) is 0.474. The molecule has 3 aromatic rings. The van der Waals surface area contributed by atoms with Gasteiger partial charge in [0.25, 0.3) is 5.56 Å². The zero-order chi connectivity index (χ0) is 19.0. The van der Waals surface area contributed by atoms with Gasteiger partial charge in [0.2, 0.25) is 5.91 Å². The molecule has 0 saturated heterocycles. The van der Waals surface area contributed by atoms with Gasteiger partial charge in [-0.25, -0.2) is 4.98 Å². The summed E-state index contributed by atoms with van der Waals surface area (Å²) in [7, 11) is 3.62. The monoisotopic (exact) mass is 385 g/mol. The standard InChI is InChI=1S/C19H23N5O2S/c1-22(10-13-9-21-23(2)11-13)16(25)7-8-24-12-20-18-17(19(24)26)14-5-3-4-6-15(14)27-18/h9,11-12H,3-8,10H2,1-2H3. The molecule has 3 aromatic heterocycles. The van der Waals surface area contributed by atoms with Crippen molar-refractivity contribution in [3.8, 4) is 0 Å². The summed E-state index contributed by atoms with van der Waals surface area (Å²) in [4.78, 5) is 33.7. The lowest BCUT2D eigenvalue weighted by molar-refractivity contribution is -0.130. The van der Waals surface area contributed by atoms with Crippen LogP contribution in [0.1, 0.15) is 35.3 Å². The van der Waals surface area contributed by atoms with Gasteiger partial charge in [-0.1, -0.05) is 0 Å². The van der Waals surface area contributed by atoms with Crippen molar-refractivity contribution >= 4 is 27.5 Å². The van der Waals surface area contributed by atoms with Crippen LogP contribution in [-0.4, -0.2) is 37.2 Å². The molecule has 1 aliphatic rings. The molecule has 1 aliphatic carbocycles. The number of hydrogen-bond acceptors (Lipinski definition) is 5. The molecule has 1 amide bonds. The Morgan fingerprint density at radius 3 is 2.93 bits per heavy atom. The highest BCUT2D eigenvalue weighted by Crippen LogP contribution is 2.33. The van der Waals surface area contributed by atoms with E-state index < -0.39 is 0 Å². The molecule has 142 valence electrons. The van der Waals surface area contributed by atoms with Crippen LogP contribution in [0.15, 0.2) is 23.5 Å². The maximum Gasteiger partial charge on any atom is 0.262 e. The number of nitrogens with zero attached hydrogens (tertiary/aromatic N) is 5. The van der Waals surface area contributed by atoms with Crippen LogP contribution in [0.3, 0.4) is 0 Å². The Bertz CT molecular complexity index is 1050. The molecule has 0 N–H and O–H groups in total. The van der Waals surface area contributed by atoms with E-state index in [0.717, 1.165) is 35.0 Å². The Hall–Kier alpha value is -2.48. The lowest BCUT2D eigenvalue weighted by atomic mass is 9.97. The number of hydrogen-bond donors (Lipinski definition) is 0. The maximum absolute atomic E-state index is 12.9. The predicted octanol–water partition coefficient (Wildman–Crippen LogP) is 2.12. The first-order chi connectivity index (χ1) is 13.0. The van der Waals surface area contributed by atoms with Crippen LogP contribution in [0, 0.1) is 0 Å². The normalized spacial score (nSPS) is 13.7. The van der Waals surface area contributed by atoms with Gasteiger partial charge in [-0.05, 0) is 31.2 Å². The molecule has 0 aromatic carbocycles. The summed E-state index contributed by atoms with van der Waals surface area (Å²) in [5.74, 6) is -0.00167. The van der Waals surface area contributed by atoms with E-state index in [1.165, 1.54) is 16.9 Å². The summed E-state index contributed by atoms with van der Waals surface area (Å²) in [5, 5.41) is 4.89. The Labute approximate surface area is 161 Å². The van der Waals surface area contributed by atoms with Gasteiger partial charge in [0.15, 0.2) is 0 Å². The molecule has 7 nitrogen and oxygen atoms in total. The summed E-state index contributed by atoms with van der Waals surface area (Å²) in [6, 6.07) is 0. The van der Waals surface area contributed by atoms with Crippen LogP contribution in [0.5, 0.6) is 0 Å². The van der Waals surface area contributed by atoms with Crippen molar-refractivity contribution < 1.29 is 4.79 Å². The third-order valence-electron chi connectivity index (χ3n) is 5.11. The third-order valence-corrected chi connectivity index (χ3v) is 6.31. The SMILES string of the molecule is CN(Cc1cnn(C)c1)C(=O)CCn1cnc2sc3c(c2c1=O)CCCC3. The van der Waals surface area contributed by atoms with Crippen molar-refractivity contribution in [2.24, 2.45) is 7.05 Å². The van der Waals surface area contributed by atoms with Gasteiger partial charge in [-0.2, -0.15) is 5.10 Å². The lowest BCUT2D eigenvalue weighted by Gasteiger charge is -2.16. The van der Waals surface area contributed by atoms with Gasteiger partial charge in [0.1, 0.15) is 4.83 Å². The van der Waals surface area contributed by atoms with Gasteiger partial charge in [-0.3, -0.25) is 18.8 Å². The zero-order valence-electron chi connectivity index (χ0n) is 15.6. The molecule has 3 heterocycles. The van der Waals surface area contributed by atoms with E-state index in [1.807, 2.05) is 13.2 Å². The van der Waals surface area contributed by atoms with Gasteiger partial charge >= 0.3 is 0 Å². The van der Waals surface area contributed by atoms with Crippen LogP contribution in [-0.2, 0) is 37.8 Å². The molecule has 4 rings (SSSR count). The number of aromatic nitrogens is 4. The highest BCUT2D eigenvalue weighted by Gasteiger charge is 2.20. The Morgan fingerprint density at radius 1 is 1.33 bits per heavy atom. The first kappa shape index (κ1) is 17.9. The average molecular weight is 385 g/mol. The number of carbonyl (C=O) groups is 1. The average Bonchev–Trinajstić information content (AvgIpc) is 3.24. The smallest absolute Gasteiger partial charge is 0.262 e. The minimum absolute atomic E-state index is 0.00167. The molecule has 0 atom stereocenters. The second-order valence-corrected chi connectivity index (χ2v) is 8.24. The van der Waals surface area contributed by atoms with Crippen LogP contribution >= 0.6 is 11.3 Å². The quantitative estimate of drug-likeness (QED) is 0.674. The number of thiophene rings is 1. The molecular formula is C19H23N5O2S. The first-order valence-electron chi connectivity index (χ1n) is 9.24.